The van der Waals surface area contributed by atoms with Gasteiger partial charge in [0.2, 0.25) is 5.88 Å². The van der Waals surface area contributed by atoms with E-state index in [1.807, 2.05) is 0 Å². The SMILES string of the molecule is Cc1cc(C(C)N2Cc3ccc(OC(=O)c4ccncc4)cc3C2=O)nnc1OCC(F)(F)F. The third-order valence-corrected chi connectivity index (χ3v) is 5.27. The molecule has 0 saturated carbocycles. The molecule has 8 nitrogen and oxygen atoms in total. The summed E-state index contributed by atoms with van der Waals surface area (Å²) >= 11 is 0. The highest BCUT2D eigenvalue weighted by molar-refractivity contribution is 5.99. The Morgan fingerprint density at radius 1 is 1.15 bits per heavy atom. The summed E-state index contributed by atoms with van der Waals surface area (Å²) in [5.41, 5.74) is 2.24. The van der Waals surface area contributed by atoms with Crippen molar-refractivity contribution >= 4 is 11.9 Å². The highest BCUT2D eigenvalue weighted by Gasteiger charge is 2.33. The summed E-state index contributed by atoms with van der Waals surface area (Å²) in [4.78, 5) is 30.8. The first-order valence-corrected chi connectivity index (χ1v) is 10.2. The van der Waals surface area contributed by atoms with Crippen molar-refractivity contribution in [2.45, 2.75) is 32.6 Å². The van der Waals surface area contributed by atoms with Gasteiger partial charge in [-0.15, -0.1) is 10.2 Å². The van der Waals surface area contributed by atoms with Crippen LogP contribution in [0.5, 0.6) is 11.6 Å². The first kappa shape index (κ1) is 23.1. The van der Waals surface area contributed by atoms with Crippen molar-refractivity contribution in [1.29, 1.82) is 0 Å². The number of benzene rings is 1. The summed E-state index contributed by atoms with van der Waals surface area (Å²) in [6.45, 7) is 2.13. The number of fused-ring (bicyclic) bond motifs is 1. The number of ether oxygens (including phenoxy) is 2. The number of hydrogen-bond acceptors (Lipinski definition) is 7. The number of carbonyl (C=O) groups is 2. The third-order valence-electron chi connectivity index (χ3n) is 5.27. The zero-order valence-electron chi connectivity index (χ0n) is 18.2. The summed E-state index contributed by atoms with van der Waals surface area (Å²) in [7, 11) is 0. The Kier molecular flexibility index (Phi) is 6.18. The van der Waals surface area contributed by atoms with Gasteiger partial charge in [0.15, 0.2) is 6.61 Å². The molecular weight excluding hydrogens is 453 g/mol. The minimum Gasteiger partial charge on any atom is -0.467 e. The van der Waals surface area contributed by atoms with E-state index >= 15 is 0 Å². The maximum atomic E-state index is 13.1. The van der Waals surface area contributed by atoms with Crippen molar-refractivity contribution in [3.8, 4) is 11.6 Å². The molecule has 0 radical (unpaired) electrons. The van der Waals surface area contributed by atoms with Crippen molar-refractivity contribution in [3.63, 3.8) is 0 Å². The van der Waals surface area contributed by atoms with Gasteiger partial charge in [-0.25, -0.2) is 4.79 Å². The fraction of sp³-hybridized carbons (Fsp3) is 0.261. The molecule has 1 aromatic carbocycles. The van der Waals surface area contributed by atoms with Crippen LogP contribution in [0, 0.1) is 6.92 Å². The molecule has 1 aliphatic heterocycles. The lowest BCUT2D eigenvalue weighted by molar-refractivity contribution is -0.154. The number of alkyl halides is 3. The number of hydrogen-bond donors (Lipinski definition) is 0. The van der Waals surface area contributed by atoms with E-state index in [9.17, 15) is 22.8 Å². The number of carbonyl (C=O) groups excluding carboxylic acids is 2. The van der Waals surface area contributed by atoms with Crippen LogP contribution in [0.25, 0.3) is 0 Å². The number of pyridine rings is 1. The van der Waals surface area contributed by atoms with E-state index in [1.54, 1.807) is 36.9 Å². The molecule has 0 bridgehead atoms. The fourth-order valence-corrected chi connectivity index (χ4v) is 3.48. The van der Waals surface area contributed by atoms with Crippen molar-refractivity contribution < 1.29 is 32.2 Å². The van der Waals surface area contributed by atoms with Gasteiger partial charge in [0.1, 0.15) is 5.75 Å². The van der Waals surface area contributed by atoms with Gasteiger partial charge < -0.3 is 14.4 Å². The van der Waals surface area contributed by atoms with E-state index in [2.05, 4.69) is 19.9 Å². The number of nitrogens with zero attached hydrogens (tertiary/aromatic N) is 4. The van der Waals surface area contributed by atoms with Crippen molar-refractivity contribution in [2.24, 2.45) is 0 Å². The molecule has 1 aliphatic rings. The van der Waals surface area contributed by atoms with Gasteiger partial charge in [0, 0.05) is 30.1 Å². The predicted molar refractivity (Wildman–Crippen MR) is 112 cm³/mol. The van der Waals surface area contributed by atoms with Crippen LogP contribution in [0.3, 0.4) is 0 Å². The van der Waals surface area contributed by atoms with Gasteiger partial charge >= 0.3 is 12.1 Å². The van der Waals surface area contributed by atoms with Gasteiger partial charge in [0.25, 0.3) is 5.91 Å². The molecule has 0 spiro atoms. The van der Waals surface area contributed by atoms with Crippen LogP contribution in [0.4, 0.5) is 13.2 Å². The summed E-state index contributed by atoms with van der Waals surface area (Å²) in [6, 6.07) is 8.90. The lowest BCUT2D eigenvalue weighted by atomic mass is 10.1. The molecule has 4 rings (SSSR count). The van der Waals surface area contributed by atoms with Crippen LogP contribution in [0.2, 0.25) is 0 Å². The second kappa shape index (κ2) is 9.08. The molecule has 0 saturated heterocycles. The Morgan fingerprint density at radius 2 is 1.88 bits per heavy atom. The molecule has 0 aliphatic carbocycles. The van der Waals surface area contributed by atoms with Crippen LogP contribution >= 0.6 is 0 Å². The van der Waals surface area contributed by atoms with Crippen LogP contribution in [0.15, 0.2) is 48.8 Å². The molecule has 176 valence electrons. The van der Waals surface area contributed by atoms with Gasteiger partial charge in [-0.3, -0.25) is 9.78 Å². The Morgan fingerprint density at radius 3 is 2.56 bits per heavy atom. The first-order chi connectivity index (χ1) is 16.1. The number of amides is 1. The third kappa shape index (κ3) is 4.98. The van der Waals surface area contributed by atoms with E-state index in [-0.39, 0.29) is 17.5 Å². The average molecular weight is 472 g/mol. The number of rotatable bonds is 6. The standard InChI is InChI=1S/C23H19F3N4O4/c1-13-9-19(28-29-20(13)33-12-23(24,25)26)14(2)30-11-16-3-4-17(10-18(16)21(30)31)34-22(32)15-5-7-27-8-6-15/h3-10,14H,11-12H2,1-2H3. The lowest BCUT2D eigenvalue weighted by Gasteiger charge is -2.24. The fourth-order valence-electron chi connectivity index (χ4n) is 3.48. The highest BCUT2D eigenvalue weighted by Crippen LogP contribution is 2.33. The second-order valence-electron chi connectivity index (χ2n) is 7.71. The smallest absolute Gasteiger partial charge is 0.422 e. The first-order valence-electron chi connectivity index (χ1n) is 10.2. The zero-order valence-corrected chi connectivity index (χ0v) is 18.2. The Labute approximate surface area is 192 Å². The van der Waals surface area contributed by atoms with Crippen molar-refractivity contribution in [3.05, 3.63) is 76.7 Å². The minimum absolute atomic E-state index is 0.218. The number of aryl methyl sites for hydroxylation is 1. The molecule has 1 amide bonds. The maximum absolute atomic E-state index is 13.1. The molecule has 11 heteroatoms. The van der Waals surface area contributed by atoms with Crippen LogP contribution < -0.4 is 9.47 Å². The van der Waals surface area contributed by atoms with Gasteiger partial charge in [-0.1, -0.05) is 6.07 Å². The van der Waals surface area contributed by atoms with E-state index in [0.29, 0.717) is 28.9 Å². The molecule has 3 aromatic rings. The second-order valence-corrected chi connectivity index (χ2v) is 7.71. The van der Waals surface area contributed by atoms with Crippen molar-refractivity contribution in [2.75, 3.05) is 6.61 Å². The van der Waals surface area contributed by atoms with E-state index in [0.717, 1.165) is 5.56 Å². The van der Waals surface area contributed by atoms with Gasteiger partial charge in [-0.05, 0) is 49.7 Å². The summed E-state index contributed by atoms with van der Waals surface area (Å²) in [5, 5.41) is 7.71. The summed E-state index contributed by atoms with van der Waals surface area (Å²) < 4.78 is 47.2. The van der Waals surface area contributed by atoms with Crippen LogP contribution in [0.1, 0.15) is 50.5 Å². The maximum Gasteiger partial charge on any atom is 0.422 e. The van der Waals surface area contributed by atoms with Crippen LogP contribution in [-0.2, 0) is 6.54 Å². The lowest BCUT2D eigenvalue weighted by Crippen LogP contribution is -2.28. The molecule has 2 aromatic heterocycles. The molecule has 0 fully saturated rings. The van der Waals surface area contributed by atoms with Crippen LogP contribution in [-0.4, -0.2) is 44.7 Å². The molecule has 1 unspecified atom stereocenters. The molecule has 0 N–H and O–H groups in total. The molecular formula is C23H19F3N4O4. The Hall–Kier alpha value is -4.02. The Balaban J connectivity index is 1.47. The molecule has 3 heterocycles. The van der Waals surface area contributed by atoms with Gasteiger partial charge in [0.05, 0.1) is 17.3 Å². The molecule has 1 atom stereocenters. The highest BCUT2D eigenvalue weighted by atomic mass is 19.4. The average Bonchev–Trinajstić information content (AvgIpc) is 3.13. The zero-order chi connectivity index (χ0) is 24.5. The summed E-state index contributed by atoms with van der Waals surface area (Å²) in [5.74, 6) is -0.854. The van der Waals surface area contributed by atoms with E-state index < -0.39 is 24.8 Å². The number of halogens is 3. The predicted octanol–water partition coefficient (Wildman–Crippen LogP) is 4.06. The summed E-state index contributed by atoms with van der Waals surface area (Å²) in [6.07, 6.45) is -1.54. The topological polar surface area (TPSA) is 94.5 Å². The quantitative estimate of drug-likeness (QED) is 0.395. The molecule has 34 heavy (non-hydrogen) atoms. The van der Waals surface area contributed by atoms with E-state index in [4.69, 9.17) is 4.74 Å². The van der Waals surface area contributed by atoms with E-state index in [1.165, 1.54) is 30.6 Å². The normalized spacial score (nSPS) is 14.0. The van der Waals surface area contributed by atoms with Crippen molar-refractivity contribution in [1.82, 2.24) is 20.1 Å². The number of esters is 1. The monoisotopic (exact) mass is 472 g/mol. The number of aromatic nitrogens is 3. The Bertz CT molecular complexity index is 1230. The minimum atomic E-state index is -4.49. The van der Waals surface area contributed by atoms with Gasteiger partial charge in [-0.2, -0.15) is 13.2 Å². The largest absolute Gasteiger partial charge is 0.467 e.